The van der Waals surface area contributed by atoms with Crippen molar-refractivity contribution in [1.82, 2.24) is 0 Å². The van der Waals surface area contributed by atoms with Crippen LogP contribution in [0.15, 0.2) is 11.6 Å². The van der Waals surface area contributed by atoms with E-state index in [-0.39, 0.29) is 23.7 Å². The first kappa shape index (κ1) is 52.8. The maximum atomic E-state index is 15.0. The van der Waals surface area contributed by atoms with Gasteiger partial charge >= 0.3 is 5.97 Å². The van der Waals surface area contributed by atoms with Crippen molar-refractivity contribution in [2.24, 2.45) is 50.2 Å². The van der Waals surface area contributed by atoms with Crippen LogP contribution < -0.4 is 0 Å². The van der Waals surface area contributed by atoms with E-state index in [4.69, 9.17) is 28.4 Å². The first-order chi connectivity index (χ1) is 31.7. The van der Waals surface area contributed by atoms with E-state index in [9.17, 15) is 71.2 Å². The quantitative estimate of drug-likeness (QED) is 0.0885. The molecule has 0 bridgehead atoms. The molecule has 26 atom stereocenters. The number of carbonyl (C=O) groups excluding carboxylic acids is 1. The Bertz CT molecular complexity index is 1870. The van der Waals surface area contributed by atoms with Gasteiger partial charge in [0, 0.05) is 11.3 Å². The van der Waals surface area contributed by atoms with Crippen LogP contribution in [0.4, 0.5) is 0 Å². The van der Waals surface area contributed by atoms with Gasteiger partial charge < -0.3 is 94.8 Å². The molecule has 4 saturated carbocycles. The summed E-state index contributed by atoms with van der Waals surface area (Å²) < 4.78 is 34.6. The molecule has 8 aliphatic rings. The van der Waals surface area contributed by atoms with Gasteiger partial charge in [-0.15, -0.1) is 0 Å². The van der Waals surface area contributed by atoms with Crippen LogP contribution in [0.3, 0.4) is 0 Å². The maximum Gasteiger partial charge on any atom is 0.315 e. The van der Waals surface area contributed by atoms with Crippen LogP contribution >= 0.6 is 0 Å². The maximum absolute atomic E-state index is 15.0. The molecule has 8 rings (SSSR count). The third-order valence-electron chi connectivity index (χ3n) is 19.3. The van der Waals surface area contributed by atoms with E-state index in [1.165, 1.54) is 6.92 Å². The number of hydrogen-bond donors (Lipinski definition) is 13. The Labute approximate surface area is 396 Å². The van der Waals surface area contributed by atoms with Crippen molar-refractivity contribution in [3.05, 3.63) is 11.6 Å². The van der Waals surface area contributed by atoms with Crippen molar-refractivity contribution in [2.75, 3.05) is 19.8 Å². The van der Waals surface area contributed by atoms with Crippen molar-refractivity contribution < 1.29 is 99.6 Å². The van der Waals surface area contributed by atoms with Gasteiger partial charge in [-0.2, -0.15) is 0 Å². The molecule has 3 heterocycles. The van der Waals surface area contributed by atoms with Gasteiger partial charge in [-0.25, -0.2) is 0 Å². The number of ether oxygens (including phenoxy) is 6. The fourth-order valence-electron chi connectivity index (χ4n) is 15.1. The molecule has 390 valence electrons. The second-order valence-electron chi connectivity index (χ2n) is 23.7. The van der Waals surface area contributed by atoms with E-state index in [2.05, 4.69) is 40.7 Å². The van der Waals surface area contributed by atoms with E-state index < -0.39 is 169 Å². The van der Waals surface area contributed by atoms with Gasteiger partial charge in [-0.05, 0) is 91.8 Å². The lowest BCUT2D eigenvalue weighted by Gasteiger charge is -2.72. The Morgan fingerprint density at radius 3 is 1.96 bits per heavy atom. The highest BCUT2D eigenvalue weighted by Gasteiger charge is 2.73. The highest BCUT2D eigenvalue weighted by molar-refractivity contribution is 5.79. The number of aliphatic hydroxyl groups excluding tert-OH is 13. The van der Waals surface area contributed by atoms with Crippen LogP contribution in [0, 0.1) is 50.2 Å². The number of fused-ring (bicyclic) bond motifs is 7. The molecule has 0 amide bonds. The zero-order chi connectivity index (χ0) is 50.0. The van der Waals surface area contributed by atoms with E-state index in [0.29, 0.717) is 44.9 Å². The minimum atomic E-state index is -1.89. The molecule has 0 unspecified atom stereocenters. The monoisotopic (exact) mass is 975 g/mol. The summed E-state index contributed by atoms with van der Waals surface area (Å²) in [5, 5.41) is 142. The molecule has 20 nitrogen and oxygen atoms in total. The molecule has 0 aromatic carbocycles. The van der Waals surface area contributed by atoms with Crippen LogP contribution in [0.1, 0.15) is 99.8 Å². The Morgan fingerprint density at radius 1 is 0.676 bits per heavy atom. The fourth-order valence-corrected chi connectivity index (χ4v) is 15.1. The van der Waals surface area contributed by atoms with Crippen LogP contribution in [-0.4, -0.2) is 203 Å². The zero-order valence-corrected chi connectivity index (χ0v) is 40.2. The smallest absolute Gasteiger partial charge is 0.315 e. The summed E-state index contributed by atoms with van der Waals surface area (Å²) in [7, 11) is 0. The van der Waals surface area contributed by atoms with Crippen molar-refractivity contribution in [1.29, 1.82) is 0 Å². The Morgan fingerprint density at radius 2 is 1.29 bits per heavy atom. The van der Waals surface area contributed by atoms with Gasteiger partial charge in [0.15, 0.2) is 12.6 Å². The van der Waals surface area contributed by atoms with E-state index in [0.717, 1.165) is 5.57 Å². The van der Waals surface area contributed by atoms with Crippen LogP contribution in [0.5, 0.6) is 0 Å². The normalized spacial score (nSPS) is 55.7. The Hall–Kier alpha value is -1.51. The molecule has 0 radical (unpaired) electrons. The molecular weight excluding hydrogens is 897 g/mol. The summed E-state index contributed by atoms with van der Waals surface area (Å²) in [5.74, 6) is -1.51. The summed E-state index contributed by atoms with van der Waals surface area (Å²) in [4.78, 5) is 15.0. The van der Waals surface area contributed by atoms with Gasteiger partial charge in [-0.1, -0.05) is 53.2 Å². The topological polar surface area (TPSA) is 335 Å². The second-order valence-corrected chi connectivity index (χ2v) is 23.7. The van der Waals surface area contributed by atoms with Crippen molar-refractivity contribution in [2.45, 2.75) is 210 Å². The first-order valence-corrected chi connectivity index (χ1v) is 24.5. The fraction of sp³-hybridized carbons (Fsp3) is 0.938. The number of esters is 1. The molecule has 3 saturated heterocycles. The lowest BCUT2D eigenvalue weighted by atomic mass is 9.33. The molecule has 3 aliphatic heterocycles. The number of allylic oxidation sites excluding steroid dienone is 2. The SMILES string of the molecule is C[C@@H]1O[C@H](O[C@H]2[C@H](O)[C@@H](O)[C@H](OC[C@H]3O[C@@H](OC(=O)[C@]45CCC(C)(C)C[C@@H]4C4=CC[C@@H]6[C@@]7(C)C[C@@H](O)[C@H](O)[C@@](C)(CO)[C@@H]7[C@H](O)C[C@@]6(C)[C@]4(C)CC5)[C@H](O)[C@@H](O)[C@@H]3O)O[C@@H]2CO)[C@H](O)[C@H](O)[C@H]1O. The predicted molar refractivity (Wildman–Crippen MR) is 233 cm³/mol. The second kappa shape index (κ2) is 18.5. The zero-order valence-electron chi connectivity index (χ0n) is 40.2. The summed E-state index contributed by atoms with van der Waals surface area (Å²) in [6.45, 7) is 12.1. The first-order valence-electron chi connectivity index (χ1n) is 24.5. The summed E-state index contributed by atoms with van der Waals surface area (Å²) in [6, 6.07) is 0. The van der Waals surface area contributed by atoms with Gasteiger partial charge in [-0.3, -0.25) is 4.79 Å². The molecule has 0 spiro atoms. The van der Waals surface area contributed by atoms with Crippen LogP contribution in [0.2, 0.25) is 0 Å². The molecule has 5 aliphatic carbocycles. The molecule has 0 aromatic heterocycles. The van der Waals surface area contributed by atoms with E-state index in [1.54, 1.807) is 6.92 Å². The Balaban J connectivity index is 0.991. The highest BCUT2D eigenvalue weighted by atomic mass is 16.8. The van der Waals surface area contributed by atoms with Crippen molar-refractivity contribution in [3.63, 3.8) is 0 Å². The number of carbonyl (C=O) groups is 1. The molecular formula is C48H78O20. The molecule has 0 aromatic rings. The van der Waals surface area contributed by atoms with Gasteiger partial charge in [0.05, 0.1) is 49.7 Å². The average Bonchev–Trinajstić information content (AvgIpc) is 3.28. The number of aliphatic hydroxyl groups is 13. The lowest BCUT2D eigenvalue weighted by Crippen LogP contribution is -2.71. The third-order valence-corrected chi connectivity index (χ3v) is 19.3. The van der Waals surface area contributed by atoms with Crippen molar-refractivity contribution >= 4 is 5.97 Å². The Kier molecular flexibility index (Phi) is 14.3. The summed E-state index contributed by atoms with van der Waals surface area (Å²) in [5.41, 5.74) is -3.01. The van der Waals surface area contributed by atoms with Crippen LogP contribution in [0.25, 0.3) is 0 Å². The number of rotatable bonds is 9. The lowest BCUT2D eigenvalue weighted by molar-refractivity contribution is -0.361. The molecule has 13 N–H and O–H groups in total. The highest BCUT2D eigenvalue weighted by Crippen LogP contribution is 2.76. The number of hydrogen-bond acceptors (Lipinski definition) is 20. The van der Waals surface area contributed by atoms with Crippen LogP contribution in [-0.2, 0) is 33.2 Å². The molecule has 20 heteroatoms. The van der Waals surface area contributed by atoms with Gasteiger partial charge in [0.1, 0.15) is 67.1 Å². The van der Waals surface area contributed by atoms with Crippen molar-refractivity contribution in [3.8, 4) is 0 Å². The van der Waals surface area contributed by atoms with Gasteiger partial charge in [0.2, 0.25) is 6.29 Å². The third kappa shape index (κ3) is 8.07. The summed E-state index contributed by atoms with van der Waals surface area (Å²) in [6.07, 6.45) is -21.7. The van der Waals surface area contributed by atoms with E-state index in [1.807, 2.05) is 0 Å². The minimum Gasteiger partial charge on any atom is -0.432 e. The average molecular weight is 975 g/mol. The largest absolute Gasteiger partial charge is 0.432 e. The summed E-state index contributed by atoms with van der Waals surface area (Å²) >= 11 is 0. The predicted octanol–water partition coefficient (Wildman–Crippen LogP) is -1.92. The van der Waals surface area contributed by atoms with E-state index >= 15 is 0 Å². The molecule has 7 fully saturated rings. The van der Waals surface area contributed by atoms with Gasteiger partial charge in [0.25, 0.3) is 0 Å². The minimum absolute atomic E-state index is 0.0494. The standard InChI is InChI=1S/C48H78O20/c1-20-28(53)30(55)33(58)40(64-20)67-36-25(17-49)65-39(35(60)32(36)57)63-18-26-29(54)31(56)34(59)41(66-26)68-42(62)48-12-10-43(2,3)14-22(48)21-8-9-27-44(4)15-24(52)38(61)45(5,19-50)37(44)23(51)16-47(27,7)46(21,6)11-13-48/h8,20,22-41,49-61H,9-19H2,1-7H3/t20-,22+,23+,24+,25+,26+,27+,28-,29+,30+,31-,32+,33+,34+,35+,36+,37+,38-,39+,40+,41-,44+,45-,46+,47+,48-/m0/s1. The molecule has 68 heavy (non-hydrogen) atoms.